The van der Waals surface area contributed by atoms with Crippen molar-refractivity contribution in [2.24, 2.45) is 0 Å². The van der Waals surface area contributed by atoms with E-state index in [0.29, 0.717) is 5.78 Å². The van der Waals surface area contributed by atoms with Gasteiger partial charge in [0, 0.05) is 6.20 Å². The van der Waals surface area contributed by atoms with Gasteiger partial charge in [0.1, 0.15) is 5.52 Å². The minimum absolute atomic E-state index is 0.580. The first-order valence-corrected chi connectivity index (χ1v) is 3.85. The van der Waals surface area contributed by atoms with E-state index in [4.69, 9.17) is 0 Å². The summed E-state index contributed by atoms with van der Waals surface area (Å²) in [6.45, 7) is 0. The average Bonchev–Trinajstić information content (AvgIpc) is 2.56. The number of rotatable bonds is 0. The molecule has 5 nitrogen and oxygen atoms in total. The lowest BCUT2D eigenvalue weighted by Crippen LogP contribution is -1.92. The van der Waals surface area contributed by atoms with Gasteiger partial charge in [-0.2, -0.15) is 9.61 Å². The van der Waals surface area contributed by atoms with E-state index in [-0.39, 0.29) is 0 Å². The molecular weight excluding hydrogens is 166 g/mol. The van der Waals surface area contributed by atoms with E-state index in [1.807, 2.05) is 12.1 Å². The number of pyridine rings is 1. The normalized spacial score (nSPS) is 11.1. The Morgan fingerprint density at radius 1 is 1.08 bits per heavy atom. The lowest BCUT2D eigenvalue weighted by atomic mass is 10.4. The summed E-state index contributed by atoms with van der Waals surface area (Å²) < 4.78 is 1.62. The Balaban J connectivity index is 2.64. The highest BCUT2D eigenvalue weighted by atomic mass is 15.3. The molecule has 0 aliphatic rings. The largest absolute Gasteiger partial charge is 0.253 e. The van der Waals surface area contributed by atoms with Gasteiger partial charge in [0.2, 0.25) is 0 Å². The van der Waals surface area contributed by atoms with Crippen LogP contribution in [0.25, 0.3) is 16.9 Å². The molecule has 0 fully saturated rings. The van der Waals surface area contributed by atoms with Crippen molar-refractivity contribution in [3.05, 3.63) is 30.7 Å². The highest BCUT2D eigenvalue weighted by Crippen LogP contribution is 2.09. The van der Waals surface area contributed by atoms with Crippen molar-refractivity contribution >= 4 is 16.9 Å². The van der Waals surface area contributed by atoms with E-state index in [2.05, 4.69) is 20.1 Å². The second kappa shape index (κ2) is 2.22. The molecule has 5 heteroatoms. The summed E-state index contributed by atoms with van der Waals surface area (Å²) in [5.41, 5.74) is 1.55. The predicted molar refractivity (Wildman–Crippen MR) is 46.1 cm³/mol. The van der Waals surface area contributed by atoms with E-state index in [1.54, 1.807) is 23.1 Å². The van der Waals surface area contributed by atoms with Crippen LogP contribution in [0.4, 0.5) is 0 Å². The maximum atomic E-state index is 4.24. The van der Waals surface area contributed by atoms with Gasteiger partial charge in [-0.05, 0) is 12.1 Å². The van der Waals surface area contributed by atoms with Crippen molar-refractivity contribution < 1.29 is 0 Å². The average molecular weight is 171 g/mol. The molecule has 3 aromatic rings. The number of imidazole rings is 1. The van der Waals surface area contributed by atoms with Gasteiger partial charge in [0.25, 0.3) is 5.78 Å². The van der Waals surface area contributed by atoms with Crippen molar-refractivity contribution in [2.75, 3.05) is 0 Å². The quantitative estimate of drug-likeness (QED) is 0.499. The Hall–Kier alpha value is -2.04. The van der Waals surface area contributed by atoms with Crippen LogP contribution in [-0.4, -0.2) is 24.6 Å². The van der Waals surface area contributed by atoms with E-state index in [1.165, 1.54) is 0 Å². The second-order valence-corrected chi connectivity index (χ2v) is 2.61. The van der Waals surface area contributed by atoms with Gasteiger partial charge in [0.05, 0.1) is 12.4 Å². The Morgan fingerprint density at radius 2 is 2.08 bits per heavy atom. The standard InChI is InChI=1S/C8H5N5/c1-2-6-7(9-3-1)13-8(12-6)10-4-5-11-13/h1-5H. The predicted octanol–water partition coefficient (Wildman–Crippen LogP) is 0.672. The summed E-state index contributed by atoms with van der Waals surface area (Å²) >= 11 is 0. The molecule has 3 aromatic heterocycles. The zero-order chi connectivity index (χ0) is 8.67. The van der Waals surface area contributed by atoms with Crippen LogP contribution in [-0.2, 0) is 0 Å². The van der Waals surface area contributed by atoms with Gasteiger partial charge < -0.3 is 0 Å². The summed E-state index contributed by atoms with van der Waals surface area (Å²) in [5.74, 6) is 0.580. The molecule has 0 aromatic carbocycles. The summed E-state index contributed by atoms with van der Waals surface area (Å²) in [6.07, 6.45) is 4.94. The van der Waals surface area contributed by atoms with Crippen molar-refractivity contribution in [1.29, 1.82) is 0 Å². The van der Waals surface area contributed by atoms with Crippen molar-refractivity contribution in [3.8, 4) is 0 Å². The van der Waals surface area contributed by atoms with Gasteiger partial charge in [0.15, 0.2) is 5.65 Å². The highest BCUT2D eigenvalue weighted by molar-refractivity contribution is 5.74. The van der Waals surface area contributed by atoms with Crippen molar-refractivity contribution in [3.63, 3.8) is 0 Å². The van der Waals surface area contributed by atoms with Crippen LogP contribution in [0.15, 0.2) is 30.7 Å². The highest BCUT2D eigenvalue weighted by Gasteiger charge is 2.04. The van der Waals surface area contributed by atoms with Gasteiger partial charge >= 0.3 is 0 Å². The summed E-state index contributed by atoms with van der Waals surface area (Å²) in [7, 11) is 0. The zero-order valence-corrected chi connectivity index (χ0v) is 6.62. The van der Waals surface area contributed by atoms with Gasteiger partial charge in [-0.15, -0.1) is 0 Å². The topological polar surface area (TPSA) is 56.0 Å². The smallest absolute Gasteiger partial charge is 0.235 e. The Labute approximate surface area is 73.1 Å². The zero-order valence-electron chi connectivity index (χ0n) is 6.62. The lowest BCUT2D eigenvalue weighted by Gasteiger charge is -1.88. The molecule has 0 atom stereocenters. The molecule has 0 amide bonds. The third-order valence-corrected chi connectivity index (χ3v) is 1.82. The molecule has 0 saturated heterocycles. The molecule has 62 valence electrons. The van der Waals surface area contributed by atoms with E-state index in [0.717, 1.165) is 11.2 Å². The SMILES string of the molecule is c1cnc2c(c1)nc1nccnn12. The van der Waals surface area contributed by atoms with Gasteiger partial charge in [-0.3, -0.25) is 0 Å². The molecule has 0 saturated carbocycles. The van der Waals surface area contributed by atoms with Crippen LogP contribution in [0.3, 0.4) is 0 Å². The summed E-state index contributed by atoms with van der Waals surface area (Å²) in [6, 6.07) is 3.73. The fourth-order valence-electron chi connectivity index (χ4n) is 1.28. The molecule has 3 heterocycles. The van der Waals surface area contributed by atoms with Crippen LogP contribution in [0, 0.1) is 0 Å². The maximum Gasteiger partial charge on any atom is 0.253 e. The van der Waals surface area contributed by atoms with E-state index in [9.17, 15) is 0 Å². The minimum atomic E-state index is 0.580. The van der Waals surface area contributed by atoms with Crippen LogP contribution in [0.1, 0.15) is 0 Å². The van der Waals surface area contributed by atoms with Crippen LogP contribution in [0.2, 0.25) is 0 Å². The number of aromatic nitrogens is 5. The first-order chi connectivity index (χ1) is 6.45. The fourth-order valence-corrected chi connectivity index (χ4v) is 1.28. The van der Waals surface area contributed by atoms with Crippen LogP contribution >= 0.6 is 0 Å². The van der Waals surface area contributed by atoms with Crippen molar-refractivity contribution in [2.45, 2.75) is 0 Å². The molecule has 13 heavy (non-hydrogen) atoms. The van der Waals surface area contributed by atoms with E-state index < -0.39 is 0 Å². The fraction of sp³-hybridized carbons (Fsp3) is 0. The Morgan fingerprint density at radius 3 is 3.08 bits per heavy atom. The molecule has 0 N–H and O–H groups in total. The molecular formula is C8H5N5. The summed E-state index contributed by atoms with van der Waals surface area (Å²) in [4.78, 5) is 12.5. The van der Waals surface area contributed by atoms with Crippen LogP contribution in [0.5, 0.6) is 0 Å². The monoisotopic (exact) mass is 171 g/mol. The third kappa shape index (κ3) is 0.807. The lowest BCUT2D eigenvalue weighted by molar-refractivity contribution is 0.916. The third-order valence-electron chi connectivity index (χ3n) is 1.82. The van der Waals surface area contributed by atoms with E-state index >= 15 is 0 Å². The Kier molecular flexibility index (Phi) is 1.11. The van der Waals surface area contributed by atoms with Gasteiger partial charge in [-0.25, -0.2) is 15.0 Å². The number of fused-ring (bicyclic) bond motifs is 3. The summed E-state index contributed by atoms with van der Waals surface area (Å²) in [5, 5.41) is 4.10. The molecule has 0 unspecified atom stereocenters. The first-order valence-electron chi connectivity index (χ1n) is 3.85. The number of hydrogen-bond acceptors (Lipinski definition) is 4. The number of nitrogens with zero attached hydrogens (tertiary/aromatic N) is 5. The van der Waals surface area contributed by atoms with Gasteiger partial charge in [-0.1, -0.05) is 0 Å². The molecule has 3 rings (SSSR count). The molecule has 0 aliphatic carbocycles. The number of hydrogen-bond donors (Lipinski definition) is 0. The van der Waals surface area contributed by atoms with Crippen molar-refractivity contribution in [1.82, 2.24) is 24.6 Å². The molecule has 0 spiro atoms. The maximum absolute atomic E-state index is 4.24. The minimum Gasteiger partial charge on any atom is -0.235 e. The Bertz CT molecular complexity index is 520. The first kappa shape index (κ1) is 6.47. The molecule has 0 aliphatic heterocycles. The van der Waals surface area contributed by atoms with Crippen LogP contribution < -0.4 is 0 Å². The molecule has 0 bridgehead atoms. The molecule has 0 radical (unpaired) electrons. The second-order valence-electron chi connectivity index (χ2n) is 2.61.